The van der Waals surface area contributed by atoms with Crippen LogP contribution in [0.25, 0.3) is 0 Å². The Balaban J connectivity index is 2.65. The molecule has 1 unspecified atom stereocenters. The standard InChI is InChI=1S/C10H12F3NO/c11-8-3-1-2-7(4-8)9(5-14)15-6-10(12)13/h1-4,9-10H,5-6,14H2. The van der Waals surface area contributed by atoms with Gasteiger partial charge in [0.05, 0.1) is 6.10 Å². The summed E-state index contributed by atoms with van der Waals surface area (Å²) in [5.74, 6) is -0.438. The molecule has 5 heteroatoms. The summed E-state index contributed by atoms with van der Waals surface area (Å²) < 4.78 is 41.4. The van der Waals surface area contributed by atoms with Crippen molar-refractivity contribution >= 4 is 0 Å². The molecular formula is C10H12F3NO. The molecule has 2 N–H and O–H groups in total. The largest absolute Gasteiger partial charge is 0.366 e. The lowest BCUT2D eigenvalue weighted by Crippen LogP contribution is -2.18. The maximum absolute atomic E-state index is 12.8. The Bertz CT molecular complexity index is 306. The summed E-state index contributed by atoms with van der Waals surface area (Å²) in [5.41, 5.74) is 5.82. The van der Waals surface area contributed by atoms with Crippen LogP contribution >= 0.6 is 0 Å². The van der Waals surface area contributed by atoms with Gasteiger partial charge in [-0.05, 0) is 17.7 Å². The normalized spacial score (nSPS) is 13.1. The highest BCUT2D eigenvalue weighted by atomic mass is 19.3. The van der Waals surface area contributed by atoms with E-state index in [1.807, 2.05) is 0 Å². The minimum atomic E-state index is -2.55. The summed E-state index contributed by atoms with van der Waals surface area (Å²) >= 11 is 0. The maximum Gasteiger partial charge on any atom is 0.261 e. The lowest BCUT2D eigenvalue weighted by atomic mass is 10.1. The number of ether oxygens (including phenoxy) is 1. The van der Waals surface area contributed by atoms with E-state index in [0.29, 0.717) is 5.56 Å². The van der Waals surface area contributed by atoms with Crippen LogP contribution in [0.3, 0.4) is 0 Å². The van der Waals surface area contributed by atoms with Crippen LogP contribution in [0, 0.1) is 5.82 Å². The van der Waals surface area contributed by atoms with Crippen molar-refractivity contribution in [2.75, 3.05) is 13.2 Å². The molecule has 0 heterocycles. The first kappa shape index (κ1) is 12.0. The Kier molecular flexibility index (Phi) is 4.58. The second-order valence-electron chi connectivity index (χ2n) is 3.00. The van der Waals surface area contributed by atoms with E-state index in [1.165, 1.54) is 18.2 Å². The van der Waals surface area contributed by atoms with Crippen LogP contribution in [0.15, 0.2) is 24.3 Å². The van der Waals surface area contributed by atoms with E-state index in [-0.39, 0.29) is 6.54 Å². The van der Waals surface area contributed by atoms with Crippen LogP contribution in [-0.4, -0.2) is 19.6 Å². The molecule has 0 aliphatic heterocycles. The van der Waals surface area contributed by atoms with E-state index in [1.54, 1.807) is 6.07 Å². The predicted molar refractivity (Wildman–Crippen MR) is 50.2 cm³/mol. The van der Waals surface area contributed by atoms with E-state index in [4.69, 9.17) is 10.5 Å². The monoisotopic (exact) mass is 219 g/mol. The second kappa shape index (κ2) is 5.72. The van der Waals surface area contributed by atoms with Gasteiger partial charge in [-0.15, -0.1) is 0 Å². The minimum absolute atomic E-state index is 0.0379. The molecule has 15 heavy (non-hydrogen) atoms. The van der Waals surface area contributed by atoms with Gasteiger partial charge in [-0.1, -0.05) is 12.1 Å². The first-order chi connectivity index (χ1) is 7.13. The highest BCUT2D eigenvalue weighted by Crippen LogP contribution is 2.17. The zero-order valence-electron chi connectivity index (χ0n) is 8.00. The van der Waals surface area contributed by atoms with Crippen molar-refractivity contribution in [3.63, 3.8) is 0 Å². The first-order valence-corrected chi connectivity index (χ1v) is 4.48. The highest BCUT2D eigenvalue weighted by Gasteiger charge is 2.13. The van der Waals surface area contributed by atoms with Crippen molar-refractivity contribution in [1.82, 2.24) is 0 Å². The summed E-state index contributed by atoms with van der Waals surface area (Å²) in [6, 6.07) is 5.57. The van der Waals surface area contributed by atoms with Crippen LogP contribution in [-0.2, 0) is 4.74 Å². The van der Waals surface area contributed by atoms with E-state index in [0.717, 1.165) is 0 Å². The molecule has 1 aromatic rings. The molecule has 0 aliphatic rings. The second-order valence-corrected chi connectivity index (χ2v) is 3.00. The van der Waals surface area contributed by atoms with Crippen LogP contribution in [0.5, 0.6) is 0 Å². The number of alkyl halides is 2. The Morgan fingerprint density at radius 1 is 1.33 bits per heavy atom. The number of hydrogen-bond acceptors (Lipinski definition) is 2. The molecule has 2 nitrogen and oxygen atoms in total. The van der Waals surface area contributed by atoms with E-state index < -0.39 is 25.0 Å². The molecule has 0 spiro atoms. The molecular weight excluding hydrogens is 207 g/mol. The summed E-state index contributed by atoms with van der Waals surface area (Å²) in [5, 5.41) is 0. The number of rotatable bonds is 5. The fraction of sp³-hybridized carbons (Fsp3) is 0.400. The lowest BCUT2D eigenvalue weighted by Gasteiger charge is -2.16. The zero-order chi connectivity index (χ0) is 11.3. The van der Waals surface area contributed by atoms with Crippen LogP contribution in [0.2, 0.25) is 0 Å². The Labute approximate surface area is 85.8 Å². The van der Waals surface area contributed by atoms with Crippen LogP contribution in [0.1, 0.15) is 11.7 Å². The topological polar surface area (TPSA) is 35.2 Å². The zero-order valence-corrected chi connectivity index (χ0v) is 8.00. The predicted octanol–water partition coefficient (Wildman–Crippen LogP) is 2.11. The molecule has 84 valence electrons. The number of benzene rings is 1. The fourth-order valence-electron chi connectivity index (χ4n) is 1.20. The van der Waals surface area contributed by atoms with Crippen molar-refractivity contribution < 1.29 is 17.9 Å². The van der Waals surface area contributed by atoms with Gasteiger partial charge in [0.2, 0.25) is 0 Å². The van der Waals surface area contributed by atoms with Gasteiger partial charge in [0.25, 0.3) is 6.43 Å². The Hall–Kier alpha value is -1.07. The van der Waals surface area contributed by atoms with Crippen molar-refractivity contribution in [3.8, 4) is 0 Å². The molecule has 0 bridgehead atoms. The van der Waals surface area contributed by atoms with E-state index in [9.17, 15) is 13.2 Å². The molecule has 0 aromatic heterocycles. The third-order valence-electron chi connectivity index (χ3n) is 1.86. The minimum Gasteiger partial charge on any atom is -0.366 e. The highest BCUT2D eigenvalue weighted by molar-refractivity contribution is 5.19. The van der Waals surface area contributed by atoms with Gasteiger partial charge in [0, 0.05) is 6.54 Å². The van der Waals surface area contributed by atoms with Crippen molar-refractivity contribution in [3.05, 3.63) is 35.6 Å². The van der Waals surface area contributed by atoms with Crippen molar-refractivity contribution in [2.24, 2.45) is 5.73 Å². The molecule has 0 radical (unpaired) electrons. The van der Waals surface area contributed by atoms with Crippen molar-refractivity contribution in [2.45, 2.75) is 12.5 Å². The van der Waals surface area contributed by atoms with Crippen LogP contribution < -0.4 is 5.73 Å². The average Bonchev–Trinajstić information content (AvgIpc) is 2.18. The Morgan fingerprint density at radius 3 is 2.60 bits per heavy atom. The third kappa shape index (κ3) is 3.89. The van der Waals surface area contributed by atoms with Gasteiger partial charge in [0.15, 0.2) is 0 Å². The van der Waals surface area contributed by atoms with Gasteiger partial charge < -0.3 is 10.5 Å². The SMILES string of the molecule is NCC(OCC(F)F)c1cccc(F)c1. The first-order valence-electron chi connectivity index (χ1n) is 4.48. The molecule has 1 rings (SSSR count). The smallest absolute Gasteiger partial charge is 0.261 e. The number of nitrogens with two attached hydrogens (primary N) is 1. The summed E-state index contributed by atoms with van der Waals surface area (Å²) in [4.78, 5) is 0. The summed E-state index contributed by atoms with van der Waals surface area (Å²) in [6.45, 7) is -0.658. The fourth-order valence-corrected chi connectivity index (χ4v) is 1.20. The number of hydrogen-bond donors (Lipinski definition) is 1. The number of halogens is 3. The molecule has 0 aliphatic carbocycles. The summed E-state index contributed by atoms with van der Waals surface area (Å²) in [6.07, 6.45) is -3.23. The lowest BCUT2D eigenvalue weighted by molar-refractivity contribution is -0.0217. The molecule has 1 aromatic carbocycles. The summed E-state index contributed by atoms with van der Waals surface area (Å²) in [7, 11) is 0. The maximum atomic E-state index is 12.8. The van der Waals surface area contributed by atoms with E-state index >= 15 is 0 Å². The van der Waals surface area contributed by atoms with Gasteiger partial charge in [0.1, 0.15) is 12.4 Å². The quantitative estimate of drug-likeness (QED) is 0.823. The van der Waals surface area contributed by atoms with Crippen molar-refractivity contribution in [1.29, 1.82) is 0 Å². The molecule has 0 saturated heterocycles. The van der Waals surface area contributed by atoms with Gasteiger partial charge in [-0.3, -0.25) is 0 Å². The van der Waals surface area contributed by atoms with Gasteiger partial charge in [-0.2, -0.15) is 0 Å². The molecule has 0 saturated carbocycles. The van der Waals surface area contributed by atoms with Gasteiger partial charge in [-0.25, -0.2) is 13.2 Å². The van der Waals surface area contributed by atoms with Gasteiger partial charge >= 0.3 is 0 Å². The average molecular weight is 219 g/mol. The molecule has 1 atom stereocenters. The molecule has 0 amide bonds. The van der Waals surface area contributed by atoms with Crippen LogP contribution in [0.4, 0.5) is 13.2 Å². The third-order valence-corrected chi connectivity index (χ3v) is 1.86. The molecule has 0 fully saturated rings. The Morgan fingerprint density at radius 2 is 2.07 bits per heavy atom. The van der Waals surface area contributed by atoms with E-state index in [2.05, 4.69) is 0 Å².